The van der Waals surface area contributed by atoms with Gasteiger partial charge in [-0.3, -0.25) is 0 Å². The van der Waals surface area contributed by atoms with Crippen molar-refractivity contribution in [1.29, 1.82) is 0 Å². The average Bonchev–Trinajstić information content (AvgIpc) is 4.47. The number of nitrogens with one attached hydrogen (secondary N) is 2. The van der Waals surface area contributed by atoms with E-state index in [2.05, 4.69) is 61.4 Å². The molecule has 1 saturated carbocycles. The number of aromatic amines is 2. The number of aromatic nitrogens is 7. The topological polar surface area (TPSA) is 438 Å². The number of hydrogen-bond donors (Lipinski definition) is 15. The molecule has 0 amide bonds. The number of benzene rings is 3. The van der Waals surface area contributed by atoms with Gasteiger partial charge in [-0.2, -0.15) is 0 Å². The van der Waals surface area contributed by atoms with E-state index in [9.17, 15) is 35.7 Å². The molecule has 0 radical (unpaired) electrons. The quantitative estimate of drug-likeness (QED) is 0.0290. The third-order valence-electron chi connectivity index (χ3n) is 16.6. The summed E-state index contributed by atoms with van der Waals surface area (Å²) < 4.78 is 32.4. The minimum absolute atomic E-state index is 0.0155. The van der Waals surface area contributed by atoms with Crippen molar-refractivity contribution in [3.63, 3.8) is 0 Å². The van der Waals surface area contributed by atoms with Gasteiger partial charge in [0.05, 0.1) is 83.5 Å². The van der Waals surface area contributed by atoms with Crippen LogP contribution in [0.25, 0.3) is 44.8 Å². The van der Waals surface area contributed by atoms with Gasteiger partial charge in [-0.05, 0) is 113 Å². The van der Waals surface area contributed by atoms with Crippen molar-refractivity contribution in [2.24, 2.45) is 40.3 Å². The Morgan fingerprint density at radius 2 is 1.40 bits per heavy atom. The molecule has 3 aromatic heterocycles. The van der Waals surface area contributed by atoms with Crippen LogP contribution < -0.4 is 44.0 Å². The van der Waals surface area contributed by atoms with Crippen LogP contribution in [-0.2, 0) is 31.9 Å². The van der Waals surface area contributed by atoms with Crippen molar-refractivity contribution in [3.8, 4) is 28.5 Å². The molecule has 6 heterocycles. The predicted octanol–water partition coefficient (Wildman–Crippen LogP) is -2.71. The number of piperazine rings is 1. The number of ether oxygens (including phenoxy) is 5. The number of fused-ring (bicyclic) bond motifs is 2. The molecule has 3 saturated heterocycles. The lowest BCUT2D eigenvalue weighted by atomic mass is 9.84. The van der Waals surface area contributed by atoms with Gasteiger partial charge in [0.15, 0.2) is 12.6 Å². The summed E-state index contributed by atoms with van der Waals surface area (Å²) in [7, 11) is 2.16. The van der Waals surface area contributed by atoms with Gasteiger partial charge in [0, 0.05) is 73.7 Å². The molecule has 4 aliphatic rings. The molecule has 21 N–H and O–H groups in total. The number of hydrogen-bond acceptors (Lipinski definition) is 24. The van der Waals surface area contributed by atoms with E-state index in [0.717, 1.165) is 77.4 Å². The summed E-state index contributed by atoms with van der Waals surface area (Å²) in [6.45, 7) is 4.44. The SMILES string of the molecule is CN1CCN(c2ccc3nc(-c4ccc5nc(-c6ccc(OCCCCc7cn(C[C@H]8O[C@@H](O[C@H]9C(O[C@@H]%10OC(CN)[C@@H](O)[C@H](O)C%10N)C(N)C[C@@H](N)C9O)[C@@H](O)C8C[C@@H](O)C(N)C(O)[C@H](O)CCN)nn7)cc6)[nH]c5c4)[nH]c3c2)CC1. The summed E-state index contributed by atoms with van der Waals surface area (Å²) in [4.78, 5) is 21.5. The smallest absolute Gasteiger partial charge is 0.184 e. The highest BCUT2D eigenvalue weighted by Gasteiger charge is 2.53. The van der Waals surface area contributed by atoms with Crippen LogP contribution in [0.15, 0.2) is 66.9 Å². The summed E-state index contributed by atoms with van der Waals surface area (Å²) >= 11 is 0. The minimum atomic E-state index is -1.54. The van der Waals surface area contributed by atoms with Gasteiger partial charge in [0.25, 0.3) is 0 Å². The fourth-order valence-corrected chi connectivity index (χ4v) is 11.5. The van der Waals surface area contributed by atoms with Gasteiger partial charge >= 0.3 is 0 Å². The maximum absolute atomic E-state index is 11.9. The zero-order valence-corrected chi connectivity index (χ0v) is 45.9. The molecule has 3 aliphatic heterocycles. The van der Waals surface area contributed by atoms with E-state index in [1.165, 1.54) is 5.69 Å². The zero-order valence-electron chi connectivity index (χ0n) is 45.9. The number of aliphatic hydroxyl groups excluding tert-OH is 7. The normalized spacial score (nSPS) is 30.7. The first-order chi connectivity index (χ1) is 39.5. The first kappa shape index (κ1) is 59.8. The van der Waals surface area contributed by atoms with Crippen LogP contribution in [0.5, 0.6) is 5.75 Å². The molecule has 10 rings (SSSR count). The van der Waals surface area contributed by atoms with E-state index in [4.69, 9.17) is 68.1 Å². The number of H-pyrrole nitrogens is 2. The Bertz CT molecular complexity index is 3000. The lowest BCUT2D eigenvalue weighted by molar-refractivity contribution is -0.306. The minimum Gasteiger partial charge on any atom is -0.494 e. The summed E-state index contributed by atoms with van der Waals surface area (Å²) in [5, 5.41) is 85.8. The standard InChI is InChI=1S/C55H81N15O12/c1-68-15-17-69(18-16-68)30-8-12-36-38(21-30)65-53(63-36)28-7-11-35-37(20-28)64-52(62-35)27-5-9-31(10-6-27)78-19-3-2-4-29-25-70(67-66-29)26-42-32(22-40(72)43(60)47(75)39(71)13-14-56)45(73)55(80-42)82-51-46(74)33(58)23-34(59)50(51)81-54-44(61)49(77)48(76)41(24-57)79-54/h5-12,20-21,25,32-34,39-51,54-55,71-77H,2-4,13-19,22-24,26,56-61H2,1H3,(H,62,64)(H,63,65)/t32?,33-,34?,39-,40-,41?,42-,43?,44?,45+,46?,47?,48-,49-,50?,51-,54+,55+/m1/s1. The van der Waals surface area contributed by atoms with E-state index < -0.39 is 110 Å². The van der Waals surface area contributed by atoms with Crippen molar-refractivity contribution in [3.05, 3.63) is 72.6 Å². The maximum Gasteiger partial charge on any atom is 0.184 e. The molecule has 3 aromatic carbocycles. The molecule has 27 nitrogen and oxygen atoms in total. The van der Waals surface area contributed by atoms with E-state index in [-0.39, 0.29) is 38.9 Å². The Labute approximate surface area is 473 Å². The molecular weight excluding hydrogens is 1060 g/mol. The number of aliphatic hydroxyl groups is 7. The number of rotatable bonds is 23. The summed E-state index contributed by atoms with van der Waals surface area (Å²) in [6, 6.07) is 15.9. The molecule has 0 bridgehead atoms. The fourth-order valence-electron chi connectivity index (χ4n) is 11.5. The summed E-state index contributed by atoms with van der Waals surface area (Å²) in [5.74, 6) is 1.32. The molecule has 0 spiro atoms. The number of nitrogens with two attached hydrogens (primary N) is 6. The summed E-state index contributed by atoms with van der Waals surface area (Å²) in [6.07, 6.45) is -13.8. The molecular formula is C55H81N15O12. The average molecular weight is 1140 g/mol. The van der Waals surface area contributed by atoms with Crippen molar-refractivity contribution >= 4 is 27.8 Å². The van der Waals surface area contributed by atoms with Gasteiger partial charge in [-0.1, -0.05) is 5.21 Å². The Morgan fingerprint density at radius 1 is 0.732 bits per heavy atom. The van der Waals surface area contributed by atoms with Crippen molar-refractivity contribution < 1.29 is 59.4 Å². The highest BCUT2D eigenvalue weighted by molar-refractivity contribution is 5.87. The molecule has 4 fully saturated rings. The Morgan fingerprint density at radius 3 is 2.12 bits per heavy atom. The van der Waals surface area contributed by atoms with Crippen molar-refractivity contribution in [1.82, 2.24) is 39.8 Å². The molecule has 18 atom stereocenters. The lowest BCUT2D eigenvalue weighted by Gasteiger charge is -2.47. The molecule has 448 valence electrons. The third kappa shape index (κ3) is 13.3. The summed E-state index contributed by atoms with van der Waals surface area (Å²) in [5.41, 5.74) is 44.1. The van der Waals surface area contributed by atoms with Crippen LogP contribution in [0.1, 0.15) is 37.8 Å². The first-order valence-electron chi connectivity index (χ1n) is 28.3. The Hall–Kier alpha value is -5.38. The second-order valence-corrected chi connectivity index (χ2v) is 22.5. The highest BCUT2D eigenvalue weighted by Crippen LogP contribution is 2.37. The van der Waals surface area contributed by atoms with Gasteiger partial charge in [0.2, 0.25) is 0 Å². The number of anilines is 1. The molecule has 82 heavy (non-hydrogen) atoms. The van der Waals surface area contributed by atoms with Crippen LogP contribution in [0, 0.1) is 5.92 Å². The van der Waals surface area contributed by atoms with Crippen LogP contribution in [0.2, 0.25) is 0 Å². The van der Waals surface area contributed by atoms with E-state index in [1.807, 2.05) is 36.4 Å². The Kier molecular flexibility index (Phi) is 19.1. The van der Waals surface area contributed by atoms with E-state index in [1.54, 1.807) is 10.9 Å². The highest BCUT2D eigenvalue weighted by atomic mass is 16.7. The molecule has 27 heteroatoms. The van der Waals surface area contributed by atoms with Crippen LogP contribution in [0.3, 0.4) is 0 Å². The van der Waals surface area contributed by atoms with Gasteiger partial charge in [-0.15, -0.1) is 5.10 Å². The maximum atomic E-state index is 11.9. The zero-order chi connectivity index (χ0) is 57.9. The van der Waals surface area contributed by atoms with Gasteiger partial charge < -0.3 is 114 Å². The number of unbranched alkanes of at least 4 members (excludes halogenated alkanes) is 1. The lowest BCUT2D eigenvalue weighted by Crippen LogP contribution is -2.68. The van der Waals surface area contributed by atoms with Gasteiger partial charge in [-0.25, -0.2) is 14.6 Å². The fraction of sp³-hybridized carbons (Fsp3) is 0.600. The van der Waals surface area contributed by atoms with E-state index in [0.29, 0.717) is 30.9 Å². The van der Waals surface area contributed by atoms with E-state index >= 15 is 0 Å². The van der Waals surface area contributed by atoms with Gasteiger partial charge in [0.1, 0.15) is 54.0 Å². The Balaban J connectivity index is 0.739. The molecule has 8 unspecified atom stereocenters. The number of likely N-dealkylation sites (N-methyl/N-ethyl adjacent to an activating group) is 1. The second kappa shape index (κ2) is 26.3. The van der Waals surface area contributed by atoms with Crippen molar-refractivity contribution in [2.45, 2.75) is 149 Å². The van der Waals surface area contributed by atoms with Crippen LogP contribution in [0.4, 0.5) is 5.69 Å². The molecule has 1 aliphatic carbocycles. The van der Waals surface area contributed by atoms with Crippen molar-refractivity contribution in [2.75, 3.05) is 57.8 Å². The monoisotopic (exact) mass is 1140 g/mol. The number of aryl methyl sites for hydroxylation is 1. The first-order valence-corrected chi connectivity index (χ1v) is 28.3. The number of nitrogens with zero attached hydrogens (tertiary/aromatic N) is 7. The van der Waals surface area contributed by atoms with Crippen LogP contribution >= 0.6 is 0 Å². The number of imidazole rings is 2. The molecule has 6 aromatic rings. The largest absolute Gasteiger partial charge is 0.494 e. The predicted molar refractivity (Wildman–Crippen MR) is 301 cm³/mol. The van der Waals surface area contributed by atoms with Crippen LogP contribution in [-0.4, -0.2) is 232 Å². The second-order valence-electron chi connectivity index (χ2n) is 22.5. The third-order valence-corrected chi connectivity index (χ3v) is 16.6.